The Morgan fingerprint density at radius 2 is 1.75 bits per heavy atom. The summed E-state index contributed by atoms with van der Waals surface area (Å²) in [5, 5.41) is 6.05. The van der Waals surface area contributed by atoms with Crippen LogP contribution in [0.15, 0.2) is 22.7 Å². The van der Waals surface area contributed by atoms with Crippen LogP contribution >= 0.6 is 27.5 Å². The van der Waals surface area contributed by atoms with Crippen molar-refractivity contribution in [3.05, 3.63) is 33.3 Å². The first kappa shape index (κ1) is 39.9. The summed E-state index contributed by atoms with van der Waals surface area (Å²) in [5.74, 6) is 1.16. The number of carbonyl (C=O) groups excluding carboxylic acids is 4. The number of nitrogens with one attached hydrogen (secondary N) is 2. The zero-order valence-corrected chi connectivity index (χ0v) is 30.1. The standard InChI is InChI=1S/C22H38N4O5.C7H6BrCl.C4H10/c1-17(26(3)20(29)12-18-7-8-18)6-4-5-11-31-15-22(9-10-22)24-19(28)14-25(2)21(30)13-23-16-27;1-5-4-6(9)2-3-7(5)8;1-4(2)3/h16-18H,4-15H2,1-3H3,(H,23,27)(H,24,28);2-4H,1H3;4H,1-3H3. The molecule has 2 aliphatic rings. The number of aryl methyl sites for hydroxylation is 1. The predicted molar refractivity (Wildman–Crippen MR) is 180 cm³/mol. The van der Waals surface area contributed by atoms with E-state index in [1.165, 1.54) is 30.4 Å². The molecule has 1 atom stereocenters. The molecular formula is C33H54BrClN4O5. The summed E-state index contributed by atoms with van der Waals surface area (Å²) in [6.45, 7) is 11.5. The smallest absolute Gasteiger partial charge is 0.242 e. The van der Waals surface area contributed by atoms with Gasteiger partial charge in [-0.25, -0.2) is 0 Å². The van der Waals surface area contributed by atoms with Crippen LogP contribution in [0.3, 0.4) is 0 Å². The van der Waals surface area contributed by atoms with E-state index in [1.54, 1.807) is 0 Å². The fraction of sp³-hybridized carbons (Fsp3) is 0.697. The maximum absolute atomic E-state index is 12.2. The summed E-state index contributed by atoms with van der Waals surface area (Å²) in [6.07, 6.45) is 8.14. The van der Waals surface area contributed by atoms with Crippen LogP contribution in [0, 0.1) is 18.8 Å². The van der Waals surface area contributed by atoms with Crippen LogP contribution in [0.5, 0.6) is 0 Å². The van der Waals surface area contributed by atoms with Crippen LogP contribution in [0.2, 0.25) is 5.02 Å². The molecule has 44 heavy (non-hydrogen) atoms. The molecule has 3 rings (SSSR count). The Morgan fingerprint density at radius 3 is 2.27 bits per heavy atom. The van der Waals surface area contributed by atoms with Crippen LogP contribution in [-0.2, 0) is 23.9 Å². The second-order valence-electron chi connectivity index (χ2n) is 12.8. The van der Waals surface area contributed by atoms with Gasteiger partial charge in [0.2, 0.25) is 24.1 Å². The van der Waals surface area contributed by atoms with Gasteiger partial charge in [-0.05, 0) is 94.4 Å². The molecule has 2 N–H and O–H groups in total. The fourth-order valence-electron chi connectivity index (χ4n) is 4.03. The number of unbranched alkanes of at least 4 members (excludes halogenated alkanes) is 1. The number of nitrogens with zero attached hydrogens (tertiary/aromatic N) is 2. The van der Waals surface area contributed by atoms with Crippen molar-refractivity contribution in [1.29, 1.82) is 0 Å². The lowest BCUT2D eigenvalue weighted by Crippen LogP contribution is -2.47. The molecule has 1 aromatic rings. The highest BCUT2D eigenvalue weighted by Crippen LogP contribution is 2.35. The summed E-state index contributed by atoms with van der Waals surface area (Å²) in [6, 6.07) is 5.96. The summed E-state index contributed by atoms with van der Waals surface area (Å²) in [4.78, 5) is 49.5. The zero-order valence-electron chi connectivity index (χ0n) is 27.7. The van der Waals surface area contributed by atoms with E-state index in [2.05, 4.69) is 54.3 Å². The average Bonchev–Trinajstić information content (AvgIpc) is 3.89. The lowest BCUT2D eigenvalue weighted by atomic mass is 10.1. The van der Waals surface area contributed by atoms with Crippen LogP contribution in [-0.4, -0.2) is 85.9 Å². The number of rotatable bonds is 16. The Kier molecular flexibility index (Phi) is 18.8. The van der Waals surface area contributed by atoms with Gasteiger partial charge in [0, 0.05) is 42.7 Å². The normalized spacial score (nSPS) is 15.0. The summed E-state index contributed by atoms with van der Waals surface area (Å²) >= 11 is 9.07. The first-order valence-corrected chi connectivity index (χ1v) is 16.8. The van der Waals surface area contributed by atoms with Gasteiger partial charge in [0.1, 0.15) is 0 Å². The van der Waals surface area contributed by atoms with E-state index in [0.29, 0.717) is 32.0 Å². The Hall–Kier alpha value is -2.17. The molecule has 2 saturated carbocycles. The zero-order chi connectivity index (χ0) is 33.3. The van der Waals surface area contributed by atoms with Gasteiger partial charge in [-0.2, -0.15) is 0 Å². The minimum absolute atomic E-state index is 0.0496. The van der Waals surface area contributed by atoms with E-state index in [1.807, 2.05) is 37.1 Å². The SMILES string of the molecule is CC(C)C.CC(CCCCOCC1(NC(=O)CN(C)C(=O)CNC=O)CC1)N(C)C(=O)CC1CC1.Cc1cc(Cl)ccc1Br. The minimum atomic E-state index is -0.322. The first-order chi connectivity index (χ1) is 20.7. The molecule has 0 heterocycles. The Labute approximate surface area is 278 Å². The average molecular weight is 702 g/mol. The van der Waals surface area contributed by atoms with Crippen molar-refractivity contribution in [2.45, 2.75) is 97.6 Å². The lowest BCUT2D eigenvalue weighted by Gasteiger charge is -2.25. The van der Waals surface area contributed by atoms with Gasteiger partial charge in [0.05, 0.1) is 25.2 Å². The molecule has 9 nitrogen and oxygen atoms in total. The monoisotopic (exact) mass is 700 g/mol. The van der Waals surface area contributed by atoms with E-state index in [0.717, 1.165) is 47.5 Å². The third-order valence-corrected chi connectivity index (χ3v) is 8.40. The fourth-order valence-corrected chi connectivity index (χ4v) is 4.50. The van der Waals surface area contributed by atoms with Crippen molar-refractivity contribution in [1.82, 2.24) is 20.4 Å². The number of amides is 4. The largest absolute Gasteiger partial charge is 0.379 e. The van der Waals surface area contributed by atoms with Crippen LogP contribution in [0.25, 0.3) is 0 Å². The van der Waals surface area contributed by atoms with Gasteiger partial charge >= 0.3 is 0 Å². The number of hydrogen-bond donors (Lipinski definition) is 2. The van der Waals surface area contributed by atoms with Crippen LogP contribution in [0.1, 0.15) is 84.6 Å². The Bertz CT molecular complexity index is 1050. The number of ether oxygens (including phenoxy) is 1. The summed E-state index contributed by atoms with van der Waals surface area (Å²) in [5.41, 5.74) is 0.854. The molecule has 2 aliphatic carbocycles. The quantitative estimate of drug-likeness (QED) is 0.169. The third-order valence-electron chi connectivity index (χ3n) is 7.27. The van der Waals surface area contributed by atoms with Gasteiger partial charge in [-0.3, -0.25) is 19.2 Å². The Morgan fingerprint density at radius 1 is 1.11 bits per heavy atom. The van der Waals surface area contributed by atoms with Gasteiger partial charge in [-0.15, -0.1) is 0 Å². The van der Waals surface area contributed by atoms with E-state index in [4.69, 9.17) is 16.3 Å². The number of hydrogen-bond acceptors (Lipinski definition) is 5. The maximum Gasteiger partial charge on any atom is 0.242 e. The van der Waals surface area contributed by atoms with Crippen molar-refractivity contribution >= 4 is 51.7 Å². The molecule has 1 aromatic carbocycles. The molecule has 2 fully saturated rings. The lowest BCUT2D eigenvalue weighted by molar-refractivity contribution is -0.135. The third kappa shape index (κ3) is 18.0. The highest BCUT2D eigenvalue weighted by atomic mass is 79.9. The van der Waals surface area contributed by atoms with Gasteiger partial charge in [0.25, 0.3) is 0 Å². The summed E-state index contributed by atoms with van der Waals surface area (Å²) in [7, 11) is 3.43. The molecule has 250 valence electrons. The summed E-state index contributed by atoms with van der Waals surface area (Å²) < 4.78 is 6.90. The van der Waals surface area contributed by atoms with E-state index >= 15 is 0 Å². The highest BCUT2D eigenvalue weighted by Gasteiger charge is 2.44. The number of halogens is 2. The maximum atomic E-state index is 12.2. The Balaban J connectivity index is 0.000000615. The predicted octanol–water partition coefficient (Wildman–Crippen LogP) is 5.75. The topological polar surface area (TPSA) is 108 Å². The van der Waals surface area contributed by atoms with Gasteiger partial charge < -0.3 is 25.2 Å². The van der Waals surface area contributed by atoms with E-state index in [-0.39, 0.29) is 42.4 Å². The number of benzene rings is 1. The molecular weight excluding hydrogens is 648 g/mol. The second-order valence-corrected chi connectivity index (χ2v) is 14.0. The molecule has 11 heteroatoms. The van der Waals surface area contributed by atoms with Crippen LogP contribution in [0.4, 0.5) is 0 Å². The minimum Gasteiger partial charge on any atom is -0.379 e. The molecule has 0 spiro atoms. The van der Waals surface area contributed by atoms with Crippen molar-refractivity contribution in [3.8, 4) is 0 Å². The first-order valence-electron chi connectivity index (χ1n) is 15.7. The van der Waals surface area contributed by atoms with Crippen molar-refractivity contribution < 1.29 is 23.9 Å². The van der Waals surface area contributed by atoms with Crippen molar-refractivity contribution in [3.63, 3.8) is 0 Å². The molecule has 0 saturated heterocycles. The van der Waals surface area contributed by atoms with E-state index < -0.39 is 0 Å². The highest BCUT2D eigenvalue weighted by molar-refractivity contribution is 9.10. The number of carbonyl (C=O) groups is 4. The second kappa shape index (κ2) is 20.8. The number of likely N-dealkylation sites (N-methyl/N-ethyl adjacent to an activating group) is 1. The molecule has 0 bridgehead atoms. The van der Waals surface area contributed by atoms with Gasteiger partial charge in [-0.1, -0.05) is 48.3 Å². The molecule has 0 aliphatic heterocycles. The molecule has 0 radical (unpaired) electrons. The molecule has 1 unspecified atom stereocenters. The molecule has 4 amide bonds. The van der Waals surface area contributed by atoms with Crippen molar-refractivity contribution in [2.24, 2.45) is 11.8 Å². The van der Waals surface area contributed by atoms with Crippen LogP contribution < -0.4 is 10.6 Å². The van der Waals surface area contributed by atoms with E-state index in [9.17, 15) is 19.2 Å². The van der Waals surface area contributed by atoms with Crippen molar-refractivity contribution in [2.75, 3.05) is 40.4 Å². The van der Waals surface area contributed by atoms with Gasteiger partial charge in [0.15, 0.2) is 0 Å². The molecule has 0 aromatic heterocycles.